The predicted molar refractivity (Wildman–Crippen MR) is 83.5 cm³/mol. The van der Waals surface area contributed by atoms with E-state index in [2.05, 4.69) is 0 Å². The van der Waals surface area contributed by atoms with E-state index in [-0.39, 0.29) is 12.4 Å². The van der Waals surface area contributed by atoms with E-state index in [0.29, 0.717) is 16.9 Å². The van der Waals surface area contributed by atoms with E-state index >= 15 is 0 Å². The second-order valence-electron chi connectivity index (χ2n) is 5.03. The van der Waals surface area contributed by atoms with Crippen molar-refractivity contribution in [3.63, 3.8) is 0 Å². The van der Waals surface area contributed by atoms with Crippen molar-refractivity contribution in [1.82, 2.24) is 0 Å². The summed E-state index contributed by atoms with van der Waals surface area (Å²) in [5, 5.41) is 0. The molecule has 4 heteroatoms. The zero-order chi connectivity index (χ0) is 16.1. The summed E-state index contributed by atoms with van der Waals surface area (Å²) in [6.07, 6.45) is 0. The summed E-state index contributed by atoms with van der Waals surface area (Å²) in [7, 11) is 1.55. The maximum atomic E-state index is 12.0. The smallest absolute Gasteiger partial charge is 0.338 e. The van der Waals surface area contributed by atoms with Gasteiger partial charge in [0.25, 0.3) is 0 Å². The molecule has 0 heterocycles. The zero-order valence-electron chi connectivity index (χ0n) is 12.9. The van der Waals surface area contributed by atoms with E-state index in [1.54, 1.807) is 43.5 Å². The number of esters is 1. The summed E-state index contributed by atoms with van der Waals surface area (Å²) in [5.41, 5.74) is 3.08. The fraction of sp³-hybridized carbons (Fsp3) is 0.222. The highest BCUT2D eigenvalue weighted by Crippen LogP contribution is 2.13. The van der Waals surface area contributed by atoms with Gasteiger partial charge in [-0.3, -0.25) is 4.79 Å². The lowest BCUT2D eigenvalue weighted by molar-refractivity contribution is 0.0474. The average Bonchev–Trinajstić information content (AvgIpc) is 2.54. The molecule has 2 aromatic rings. The average molecular weight is 298 g/mol. The van der Waals surface area contributed by atoms with Gasteiger partial charge in [-0.2, -0.15) is 0 Å². The minimum atomic E-state index is -0.528. The fourth-order valence-corrected chi connectivity index (χ4v) is 1.94. The highest BCUT2D eigenvalue weighted by molar-refractivity contribution is 5.99. The Bertz CT molecular complexity index is 687. The van der Waals surface area contributed by atoms with Gasteiger partial charge in [0, 0.05) is 5.56 Å². The van der Waals surface area contributed by atoms with E-state index < -0.39 is 5.97 Å². The minimum Gasteiger partial charge on any atom is -0.497 e. The minimum absolute atomic E-state index is 0.218. The quantitative estimate of drug-likeness (QED) is 0.627. The summed E-state index contributed by atoms with van der Waals surface area (Å²) >= 11 is 0. The molecule has 0 amide bonds. The maximum absolute atomic E-state index is 12.0. The first-order valence-corrected chi connectivity index (χ1v) is 6.93. The van der Waals surface area contributed by atoms with Gasteiger partial charge in [-0.05, 0) is 55.3 Å². The Morgan fingerprint density at radius 2 is 1.55 bits per heavy atom. The van der Waals surface area contributed by atoms with Crippen molar-refractivity contribution in [3.05, 3.63) is 64.7 Å². The molecule has 22 heavy (non-hydrogen) atoms. The fourth-order valence-electron chi connectivity index (χ4n) is 1.94. The number of rotatable bonds is 5. The highest BCUT2D eigenvalue weighted by atomic mass is 16.5. The lowest BCUT2D eigenvalue weighted by Crippen LogP contribution is -2.14. The number of hydrogen-bond acceptors (Lipinski definition) is 4. The van der Waals surface area contributed by atoms with Gasteiger partial charge < -0.3 is 9.47 Å². The molecule has 2 rings (SSSR count). The van der Waals surface area contributed by atoms with Gasteiger partial charge in [-0.1, -0.05) is 12.1 Å². The number of aryl methyl sites for hydroxylation is 2. The highest BCUT2D eigenvalue weighted by Gasteiger charge is 2.12. The Balaban J connectivity index is 1.97. The van der Waals surface area contributed by atoms with Gasteiger partial charge >= 0.3 is 5.97 Å². The van der Waals surface area contributed by atoms with Crippen molar-refractivity contribution in [3.8, 4) is 5.75 Å². The molecular weight excluding hydrogens is 280 g/mol. The Labute approximate surface area is 129 Å². The second kappa shape index (κ2) is 6.89. The van der Waals surface area contributed by atoms with Crippen LogP contribution in [0.5, 0.6) is 5.75 Å². The number of carbonyl (C=O) groups is 2. The summed E-state index contributed by atoms with van der Waals surface area (Å²) in [4.78, 5) is 23.9. The maximum Gasteiger partial charge on any atom is 0.338 e. The molecule has 0 aliphatic heterocycles. The van der Waals surface area contributed by atoms with E-state index in [1.807, 2.05) is 19.9 Å². The summed E-state index contributed by atoms with van der Waals surface area (Å²) in [5.74, 6) is -0.0902. The van der Waals surface area contributed by atoms with Gasteiger partial charge in [-0.25, -0.2) is 4.79 Å². The zero-order valence-corrected chi connectivity index (χ0v) is 12.9. The summed E-state index contributed by atoms with van der Waals surface area (Å²) in [6, 6.07) is 12.0. The third-order valence-electron chi connectivity index (χ3n) is 3.49. The third kappa shape index (κ3) is 3.73. The number of methoxy groups -OCH3 is 1. The molecule has 2 aromatic carbocycles. The van der Waals surface area contributed by atoms with Crippen molar-refractivity contribution in [2.45, 2.75) is 13.8 Å². The molecule has 0 aliphatic carbocycles. The van der Waals surface area contributed by atoms with Crippen LogP contribution in [0.3, 0.4) is 0 Å². The molecule has 4 nitrogen and oxygen atoms in total. The molecule has 0 saturated carbocycles. The molecule has 0 saturated heterocycles. The van der Waals surface area contributed by atoms with Crippen molar-refractivity contribution in [1.29, 1.82) is 0 Å². The van der Waals surface area contributed by atoms with Crippen LogP contribution in [-0.4, -0.2) is 25.5 Å². The standard InChI is InChI=1S/C18H18O4/c1-12-4-5-15(10-13(12)2)17(19)11-22-18(20)14-6-8-16(21-3)9-7-14/h4-10H,11H2,1-3H3. The molecule has 0 radical (unpaired) electrons. The molecule has 0 spiro atoms. The summed E-state index contributed by atoms with van der Waals surface area (Å²) in [6.45, 7) is 3.65. The monoisotopic (exact) mass is 298 g/mol. The molecule has 0 fully saturated rings. The Morgan fingerprint density at radius 3 is 2.14 bits per heavy atom. The Hall–Kier alpha value is -2.62. The first-order chi connectivity index (χ1) is 10.5. The van der Waals surface area contributed by atoms with E-state index in [9.17, 15) is 9.59 Å². The van der Waals surface area contributed by atoms with Gasteiger partial charge in [-0.15, -0.1) is 0 Å². The van der Waals surface area contributed by atoms with Crippen molar-refractivity contribution in [2.75, 3.05) is 13.7 Å². The Morgan fingerprint density at radius 1 is 0.909 bits per heavy atom. The molecule has 0 atom stereocenters. The predicted octanol–water partition coefficient (Wildman–Crippen LogP) is 3.35. The van der Waals surface area contributed by atoms with Gasteiger partial charge in [0.15, 0.2) is 12.4 Å². The van der Waals surface area contributed by atoms with Crippen LogP contribution < -0.4 is 4.74 Å². The normalized spacial score (nSPS) is 10.1. The van der Waals surface area contributed by atoms with Crippen LogP contribution >= 0.6 is 0 Å². The molecular formula is C18H18O4. The van der Waals surface area contributed by atoms with E-state index in [1.165, 1.54) is 0 Å². The van der Waals surface area contributed by atoms with E-state index in [4.69, 9.17) is 9.47 Å². The summed E-state index contributed by atoms with van der Waals surface area (Å²) < 4.78 is 10.1. The second-order valence-corrected chi connectivity index (χ2v) is 5.03. The van der Waals surface area contributed by atoms with Crippen molar-refractivity contribution in [2.24, 2.45) is 0 Å². The number of ether oxygens (including phenoxy) is 2. The van der Waals surface area contributed by atoms with Crippen LogP contribution in [-0.2, 0) is 4.74 Å². The number of benzene rings is 2. The first-order valence-electron chi connectivity index (χ1n) is 6.93. The SMILES string of the molecule is COc1ccc(C(=O)OCC(=O)c2ccc(C)c(C)c2)cc1. The van der Waals surface area contributed by atoms with E-state index in [0.717, 1.165) is 11.1 Å². The molecule has 0 bridgehead atoms. The lowest BCUT2D eigenvalue weighted by Gasteiger charge is -2.07. The van der Waals surface area contributed by atoms with Gasteiger partial charge in [0.1, 0.15) is 5.75 Å². The van der Waals surface area contributed by atoms with Crippen molar-refractivity contribution >= 4 is 11.8 Å². The topological polar surface area (TPSA) is 52.6 Å². The molecule has 0 unspecified atom stereocenters. The molecule has 114 valence electrons. The van der Waals surface area contributed by atoms with Crippen LogP contribution in [0.25, 0.3) is 0 Å². The number of hydrogen-bond donors (Lipinski definition) is 0. The number of Topliss-reactive ketones (excluding diaryl/α,β-unsaturated/α-hetero) is 1. The van der Waals surface area contributed by atoms with Crippen molar-refractivity contribution < 1.29 is 19.1 Å². The third-order valence-corrected chi connectivity index (χ3v) is 3.49. The van der Waals surface area contributed by atoms with Crippen LogP contribution in [0, 0.1) is 13.8 Å². The number of carbonyl (C=O) groups excluding carboxylic acids is 2. The Kier molecular flexibility index (Phi) is 4.94. The molecule has 0 aromatic heterocycles. The first kappa shape index (κ1) is 15.8. The van der Waals surface area contributed by atoms with Crippen LogP contribution in [0.2, 0.25) is 0 Å². The molecule has 0 aliphatic rings. The van der Waals surface area contributed by atoms with Gasteiger partial charge in [0.2, 0.25) is 0 Å². The lowest BCUT2D eigenvalue weighted by atomic mass is 10.0. The van der Waals surface area contributed by atoms with Gasteiger partial charge in [0.05, 0.1) is 12.7 Å². The number of ketones is 1. The largest absolute Gasteiger partial charge is 0.497 e. The molecule has 0 N–H and O–H groups in total. The van der Waals surface area contributed by atoms with Crippen LogP contribution in [0.15, 0.2) is 42.5 Å². The van der Waals surface area contributed by atoms with Crippen LogP contribution in [0.1, 0.15) is 31.8 Å². The van der Waals surface area contributed by atoms with Crippen LogP contribution in [0.4, 0.5) is 0 Å².